The van der Waals surface area contributed by atoms with Gasteiger partial charge in [0, 0.05) is 6.04 Å². The number of carbonyl (C=O) groups excluding carboxylic acids is 1. The second-order valence-corrected chi connectivity index (χ2v) is 4.89. The van der Waals surface area contributed by atoms with E-state index in [2.05, 4.69) is 10.5 Å². The Morgan fingerprint density at radius 1 is 1.25 bits per heavy atom. The van der Waals surface area contributed by atoms with Gasteiger partial charge in [0.2, 0.25) is 6.10 Å². The molecule has 1 unspecified atom stereocenters. The van der Waals surface area contributed by atoms with Crippen LogP contribution >= 0.6 is 0 Å². The molecular formula is C16H22N2O2. The van der Waals surface area contributed by atoms with Crippen LogP contribution in [0.15, 0.2) is 41.6 Å². The van der Waals surface area contributed by atoms with E-state index in [1.54, 1.807) is 6.92 Å². The number of allylic oxidation sites excluding steroid dienone is 1. The van der Waals surface area contributed by atoms with Crippen LogP contribution in [0.2, 0.25) is 0 Å². The lowest BCUT2D eigenvalue weighted by molar-refractivity contribution is -0.132. The normalized spacial score (nSPS) is 13.6. The predicted molar refractivity (Wildman–Crippen MR) is 82.4 cm³/mol. The van der Waals surface area contributed by atoms with Gasteiger partial charge in [-0.2, -0.15) is 0 Å². The van der Waals surface area contributed by atoms with Crippen molar-refractivity contribution in [3.8, 4) is 0 Å². The molecule has 0 fully saturated rings. The molecule has 1 amide bonds. The van der Waals surface area contributed by atoms with Crippen molar-refractivity contribution >= 4 is 17.7 Å². The van der Waals surface area contributed by atoms with Gasteiger partial charge in [-0.25, -0.2) is 0 Å². The Morgan fingerprint density at radius 3 is 2.50 bits per heavy atom. The van der Waals surface area contributed by atoms with E-state index in [1.807, 2.05) is 63.3 Å². The zero-order valence-corrected chi connectivity index (χ0v) is 12.5. The standard InChI is InChI=1S/C16H22N2O2/c1-12(2)17-16(19)14(4)20-18-13(3)10-11-15-8-6-5-7-9-15/h5-12,14H,1-4H3,(H,17,19)/b11-10+,18-13+. The fourth-order valence-corrected chi connectivity index (χ4v) is 1.42. The topological polar surface area (TPSA) is 50.7 Å². The zero-order valence-electron chi connectivity index (χ0n) is 12.5. The first-order chi connectivity index (χ1) is 9.49. The van der Waals surface area contributed by atoms with Crippen molar-refractivity contribution in [1.82, 2.24) is 5.32 Å². The third-order valence-corrected chi connectivity index (χ3v) is 2.47. The molecule has 0 radical (unpaired) electrons. The van der Waals surface area contributed by atoms with Gasteiger partial charge in [-0.15, -0.1) is 0 Å². The summed E-state index contributed by atoms with van der Waals surface area (Å²) >= 11 is 0. The van der Waals surface area contributed by atoms with Crippen LogP contribution in [0.25, 0.3) is 6.08 Å². The molecule has 0 bridgehead atoms. The SMILES string of the molecule is CC(/C=C/c1ccccc1)=N\OC(C)C(=O)NC(C)C. The zero-order chi connectivity index (χ0) is 15.0. The molecule has 108 valence electrons. The molecule has 1 atom stereocenters. The lowest BCUT2D eigenvalue weighted by Gasteiger charge is -2.12. The van der Waals surface area contributed by atoms with Gasteiger partial charge < -0.3 is 10.2 Å². The predicted octanol–water partition coefficient (Wildman–Crippen LogP) is 3.01. The summed E-state index contributed by atoms with van der Waals surface area (Å²) in [6.45, 7) is 7.31. The second-order valence-electron chi connectivity index (χ2n) is 4.89. The van der Waals surface area contributed by atoms with Gasteiger partial charge in [-0.05, 0) is 39.3 Å². The van der Waals surface area contributed by atoms with E-state index >= 15 is 0 Å². The molecule has 0 aromatic heterocycles. The van der Waals surface area contributed by atoms with Gasteiger partial charge in [0.15, 0.2) is 0 Å². The van der Waals surface area contributed by atoms with E-state index in [9.17, 15) is 4.79 Å². The van der Waals surface area contributed by atoms with Gasteiger partial charge in [0.25, 0.3) is 5.91 Å². The molecule has 0 saturated heterocycles. The van der Waals surface area contributed by atoms with Gasteiger partial charge in [0.05, 0.1) is 5.71 Å². The molecule has 0 saturated carbocycles. The molecule has 0 aliphatic carbocycles. The molecule has 1 aromatic rings. The molecule has 0 aliphatic heterocycles. The Balaban J connectivity index is 2.49. The van der Waals surface area contributed by atoms with Gasteiger partial charge in [-0.1, -0.05) is 41.6 Å². The molecule has 1 N–H and O–H groups in total. The number of amides is 1. The van der Waals surface area contributed by atoms with Crippen LogP contribution in [-0.4, -0.2) is 23.8 Å². The van der Waals surface area contributed by atoms with Crippen LogP contribution < -0.4 is 5.32 Å². The lowest BCUT2D eigenvalue weighted by atomic mass is 10.2. The van der Waals surface area contributed by atoms with Crippen LogP contribution in [0.3, 0.4) is 0 Å². The third-order valence-electron chi connectivity index (χ3n) is 2.47. The van der Waals surface area contributed by atoms with Crippen LogP contribution in [0.1, 0.15) is 33.3 Å². The summed E-state index contributed by atoms with van der Waals surface area (Å²) in [6, 6.07) is 10.0. The maximum atomic E-state index is 11.6. The monoisotopic (exact) mass is 274 g/mol. The first-order valence-electron chi connectivity index (χ1n) is 6.73. The summed E-state index contributed by atoms with van der Waals surface area (Å²) < 4.78 is 0. The fraction of sp³-hybridized carbons (Fsp3) is 0.375. The van der Waals surface area contributed by atoms with Gasteiger partial charge in [0.1, 0.15) is 0 Å². The van der Waals surface area contributed by atoms with Crippen molar-refractivity contribution in [2.75, 3.05) is 0 Å². The average molecular weight is 274 g/mol. The summed E-state index contributed by atoms with van der Waals surface area (Å²) in [6.07, 6.45) is 3.20. The lowest BCUT2D eigenvalue weighted by Crippen LogP contribution is -2.38. The Labute approximate surface area is 120 Å². The minimum absolute atomic E-state index is 0.0941. The molecule has 0 spiro atoms. The van der Waals surface area contributed by atoms with E-state index in [4.69, 9.17) is 4.84 Å². The summed E-state index contributed by atoms with van der Waals surface area (Å²) in [4.78, 5) is 16.8. The van der Waals surface area contributed by atoms with E-state index in [0.717, 1.165) is 5.56 Å². The van der Waals surface area contributed by atoms with Crippen LogP contribution in [0.5, 0.6) is 0 Å². The van der Waals surface area contributed by atoms with E-state index < -0.39 is 6.10 Å². The van der Waals surface area contributed by atoms with E-state index in [0.29, 0.717) is 5.71 Å². The van der Waals surface area contributed by atoms with E-state index in [1.165, 1.54) is 0 Å². The average Bonchev–Trinajstić information content (AvgIpc) is 2.42. The highest BCUT2D eigenvalue weighted by Crippen LogP contribution is 2.02. The van der Waals surface area contributed by atoms with Crippen molar-refractivity contribution in [2.45, 2.75) is 39.8 Å². The van der Waals surface area contributed by atoms with Crippen LogP contribution in [0, 0.1) is 0 Å². The summed E-state index contributed by atoms with van der Waals surface area (Å²) in [5.41, 5.74) is 1.80. The Kier molecular flexibility index (Phi) is 6.50. The van der Waals surface area contributed by atoms with E-state index in [-0.39, 0.29) is 11.9 Å². The highest BCUT2D eigenvalue weighted by atomic mass is 16.6. The largest absolute Gasteiger partial charge is 0.382 e. The molecule has 4 nitrogen and oxygen atoms in total. The number of rotatable bonds is 6. The minimum Gasteiger partial charge on any atom is -0.382 e. The maximum absolute atomic E-state index is 11.6. The van der Waals surface area contributed by atoms with Gasteiger partial charge in [-0.3, -0.25) is 4.79 Å². The number of nitrogens with one attached hydrogen (secondary N) is 1. The van der Waals surface area contributed by atoms with Crippen molar-refractivity contribution in [1.29, 1.82) is 0 Å². The highest BCUT2D eigenvalue weighted by Gasteiger charge is 2.14. The van der Waals surface area contributed by atoms with Crippen molar-refractivity contribution < 1.29 is 9.63 Å². The fourth-order valence-electron chi connectivity index (χ4n) is 1.42. The molecular weight excluding hydrogens is 252 g/mol. The molecule has 0 aliphatic rings. The van der Waals surface area contributed by atoms with Gasteiger partial charge >= 0.3 is 0 Å². The summed E-state index contributed by atoms with van der Waals surface area (Å²) in [5.74, 6) is -0.163. The first-order valence-corrected chi connectivity index (χ1v) is 6.73. The Hall–Kier alpha value is -2.10. The number of carbonyl (C=O) groups is 1. The number of hydrogen-bond donors (Lipinski definition) is 1. The van der Waals surface area contributed by atoms with Crippen LogP contribution in [-0.2, 0) is 9.63 Å². The smallest absolute Gasteiger partial charge is 0.263 e. The maximum Gasteiger partial charge on any atom is 0.263 e. The first kappa shape index (κ1) is 16.0. The quantitative estimate of drug-likeness (QED) is 0.640. The summed E-state index contributed by atoms with van der Waals surface area (Å²) in [7, 11) is 0. The number of oxime groups is 1. The Bertz CT molecular complexity index is 479. The molecule has 20 heavy (non-hydrogen) atoms. The molecule has 4 heteroatoms. The molecule has 0 heterocycles. The van der Waals surface area contributed by atoms with Crippen molar-refractivity contribution in [3.63, 3.8) is 0 Å². The summed E-state index contributed by atoms with van der Waals surface area (Å²) in [5, 5.41) is 6.71. The Morgan fingerprint density at radius 2 is 1.90 bits per heavy atom. The molecule has 1 rings (SSSR count). The number of nitrogens with zero attached hydrogens (tertiary/aromatic N) is 1. The third kappa shape index (κ3) is 6.18. The van der Waals surface area contributed by atoms with Crippen LogP contribution in [0.4, 0.5) is 0 Å². The molecule has 1 aromatic carbocycles. The van der Waals surface area contributed by atoms with Crippen molar-refractivity contribution in [3.05, 3.63) is 42.0 Å². The highest BCUT2D eigenvalue weighted by molar-refractivity contribution is 5.96. The second kappa shape index (κ2) is 8.15. The number of hydrogen-bond acceptors (Lipinski definition) is 3. The minimum atomic E-state index is -0.600. The van der Waals surface area contributed by atoms with Crippen molar-refractivity contribution in [2.24, 2.45) is 5.16 Å². The number of benzene rings is 1.